The van der Waals surface area contributed by atoms with Crippen molar-refractivity contribution in [1.29, 1.82) is 0 Å². The van der Waals surface area contributed by atoms with Crippen LogP contribution in [-0.4, -0.2) is 30.4 Å². The summed E-state index contributed by atoms with van der Waals surface area (Å²) in [6.45, 7) is 6.81. The van der Waals surface area contributed by atoms with Gasteiger partial charge in [0, 0.05) is 13.1 Å². The lowest BCUT2D eigenvalue weighted by atomic mass is 9.92. The summed E-state index contributed by atoms with van der Waals surface area (Å²) in [5, 5.41) is 3.67. The van der Waals surface area contributed by atoms with Gasteiger partial charge in [-0.1, -0.05) is 43.1 Å². The van der Waals surface area contributed by atoms with Gasteiger partial charge in [-0.25, -0.2) is 0 Å². The van der Waals surface area contributed by atoms with E-state index in [4.69, 9.17) is 23.2 Å². The van der Waals surface area contributed by atoms with Crippen molar-refractivity contribution in [2.24, 2.45) is 11.8 Å². The van der Waals surface area contributed by atoms with Crippen molar-refractivity contribution in [3.8, 4) is 0 Å². The molecule has 0 spiro atoms. The van der Waals surface area contributed by atoms with Gasteiger partial charge in [-0.05, 0) is 30.4 Å². The normalized spacial score (nSPS) is 23.6. The molecule has 3 nitrogen and oxygen atoms in total. The van der Waals surface area contributed by atoms with Gasteiger partial charge in [0.2, 0.25) is 5.91 Å². The Kier molecular flexibility index (Phi) is 5.30. The van der Waals surface area contributed by atoms with Gasteiger partial charge in [-0.3, -0.25) is 9.69 Å². The number of piperidine rings is 1. The van der Waals surface area contributed by atoms with E-state index in [1.165, 1.54) is 6.42 Å². The number of carbonyl (C=O) groups is 1. The second-order valence-electron chi connectivity index (χ2n) is 5.79. The predicted molar refractivity (Wildman–Crippen MR) is 84.5 cm³/mol. The Morgan fingerprint density at radius 3 is 2.60 bits per heavy atom. The monoisotopic (exact) mass is 314 g/mol. The fourth-order valence-electron chi connectivity index (χ4n) is 2.91. The maximum atomic E-state index is 12.1. The van der Waals surface area contributed by atoms with E-state index in [0.717, 1.165) is 13.1 Å². The SMILES string of the molecule is C[C@H]1C[C@H](C)CN(CC(=O)Nc2cccc(Cl)c2Cl)C1. The Balaban J connectivity index is 1.94. The lowest BCUT2D eigenvalue weighted by molar-refractivity contribution is -0.117. The highest BCUT2D eigenvalue weighted by Gasteiger charge is 2.23. The van der Waals surface area contributed by atoms with Gasteiger partial charge in [0.15, 0.2) is 0 Å². The van der Waals surface area contributed by atoms with E-state index in [1.54, 1.807) is 18.2 Å². The lowest BCUT2D eigenvalue weighted by Gasteiger charge is -2.34. The highest BCUT2D eigenvalue weighted by Crippen LogP contribution is 2.29. The molecule has 0 saturated carbocycles. The van der Waals surface area contributed by atoms with Crippen LogP contribution < -0.4 is 5.32 Å². The number of nitrogens with zero attached hydrogens (tertiary/aromatic N) is 1. The quantitative estimate of drug-likeness (QED) is 0.917. The summed E-state index contributed by atoms with van der Waals surface area (Å²) in [5.74, 6) is 1.23. The number of halogens is 2. The molecule has 110 valence electrons. The zero-order valence-electron chi connectivity index (χ0n) is 11.8. The number of anilines is 1. The van der Waals surface area contributed by atoms with Gasteiger partial charge in [-0.15, -0.1) is 0 Å². The second-order valence-corrected chi connectivity index (χ2v) is 6.57. The average molecular weight is 315 g/mol. The number of rotatable bonds is 3. The van der Waals surface area contributed by atoms with E-state index in [2.05, 4.69) is 24.1 Å². The Bertz CT molecular complexity index is 483. The summed E-state index contributed by atoms with van der Waals surface area (Å²) < 4.78 is 0. The fraction of sp³-hybridized carbons (Fsp3) is 0.533. The minimum atomic E-state index is -0.0459. The molecule has 0 aliphatic carbocycles. The standard InChI is InChI=1S/C15H20Cl2N2O/c1-10-6-11(2)8-19(7-10)9-14(20)18-13-5-3-4-12(16)15(13)17/h3-5,10-11H,6-9H2,1-2H3,(H,18,20)/t10-,11-/m0/s1. The molecule has 0 unspecified atom stereocenters. The van der Waals surface area contributed by atoms with Crippen LogP contribution in [0, 0.1) is 11.8 Å². The molecule has 1 aliphatic heterocycles. The minimum absolute atomic E-state index is 0.0459. The zero-order valence-corrected chi connectivity index (χ0v) is 13.3. The van der Waals surface area contributed by atoms with Crippen molar-refractivity contribution in [3.05, 3.63) is 28.2 Å². The molecule has 2 atom stereocenters. The molecule has 1 aromatic carbocycles. The van der Waals surface area contributed by atoms with Crippen LogP contribution in [0.3, 0.4) is 0 Å². The number of hydrogen-bond donors (Lipinski definition) is 1. The third kappa shape index (κ3) is 4.11. The van der Waals surface area contributed by atoms with E-state index < -0.39 is 0 Å². The first-order valence-corrected chi connectivity index (χ1v) is 7.67. The van der Waals surface area contributed by atoms with Crippen molar-refractivity contribution in [2.75, 3.05) is 25.0 Å². The molecule has 1 aliphatic rings. The van der Waals surface area contributed by atoms with E-state index in [9.17, 15) is 4.79 Å². The molecule has 1 amide bonds. The average Bonchev–Trinajstić information content (AvgIpc) is 2.33. The molecule has 1 N–H and O–H groups in total. The summed E-state index contributed by atoms with van der Waals surface area (Å²) in [6.07, 6.45) is 1.23. The van der Waals surface area contributed by atoms with Gasteiger partial charge in [-0.2, -0.15) is 0 Å². The Morgan fingerprint density at radius 1 is 1.30 bits per heavy atom. The van der Waals surface area contributed by atoms with Crippen LogP contribution in [0.4, 0.5) is 5.69 Å². The minimum Gasteiger partial charge on any atom is -0.324 e. The number of likely N-dealkylation sites (tertiary alicyclic amines) is 1. The lowest BCUT2D eigenvalue weighted by Crippen LogP contribution is -2.42. The predicted octanol–water partition coefficient (Wildman–Crippen LogP) is 3.91. The van der Waals surface area contributed by atoms with Gasteiger partial charge >= 0.3 is 0 Å². The highest BCUT2D eigenvalue weighted by atomic mass is 35.5. The van der Waals surface area contributed by atoms with Crippen LogP contribution in [0.25, 0.3) is 0 Å². The molecule has 0 radical (unpaired) electrons. The highest BCUT2D eigenvalue weighted by molar-refractivity contribution is 6.43. The van der Waals surface area contributed by atoms with Gasteiger partial charge in [0.25, 0.3) is 0 Å². The molecule has 0 aromatic heterocycles. The zero-order chi connectivity index (χ0) is 14.7. The third-order valence-electron chi connectivity index (χ3n) is 3.54. The van der Waals surface area contributed by atoms with Gasteiger partial charge < -0.3 is 5.32 Å². The summed E-state index contributed by atoms with van der Waals surface area (Å²) in [7, 11) is 0. The van der Waals surface area contributed by atoms with E-state index in [1.807, 2.05) is 0 Å². The van der Waals surface area contributed by atoms with Crippen LogP contribution in [0.2, 0.25) is 10.0 Å². The number of hydrogen-bond acceptors (Lipinski definition) is 2. The summed E-state index contributed by atoms with van der Waals surface area (Å²) in [5.41, 5.74) is 0.572. The van der Waals surface area contributed by atoms with Crippen LogP contribution >= 0.6 is 23.2 Å². The fourth-order valence-corrected chi connectivity index (χ4v) is 3.26. The smallest absolute Gasteiger partial charge is 0.238 e. The van der Waals surface area contributed by atoms with E-state index in [-0.39, 0.29) is 5.91 Å². The van der Waals surface area contributed by atoms with Crippen molar-refractivity contribution in [2.45, 2.75) is 20.3 Å². The first-order chi connectivity index (χ1) is 9.45. The topological polar surface area (TPSA) is 32.3 Å². The van der Waals surface area contributed by atoms with Crippen molar-refractivity contribution < 1.29 is 4.79 Å². The summed E-state index contributed by atoms with van der Waals surface area (Å²) >= 11 is 12.0. The first kappa shape index (κ1) is 15.6. The molecule has 2 rings (SSSR count). The summed E-state index contributed by atoms with van der Waals surface area (Å²) in [6, 6.07) is 5.23. The number of carbonyl (C=O) groups excluding carboxylic acids is 1. The molecule has 0 bridgehead atoms. The van der Waals surface area contributed by atoms with Crippen LogP contribution in [0.15, 0.2) is 18.2 Å². The number of nitrogens with one attached hydrogen (secondary N) is 1. The maximum Gasteiger partial charge on any atom is 0.238 e. The third-order valence-corrected chi connectivity index (χ3v) is 4.36. The van der Waals surface area contributed by atoms with Crippen molar-refractivity contribution in [3.63, 3.8) is 0 Å². The molecule has 1 heterocycles. The molecular formula is C15H20Cl2N2O. The molecule has 5 heteroatoms. The number of benzene rings is 1. The van der Waals surface area contributed by atoms with E-state index in [0.29, 0.717) is 34.1 Å². The van der Waals surface area contributed by atoms with Crippen LogP contribution in [0.5, 0.6) is 0 Å². The summed E-state index contributed by atoms with van der Waals surface area (Å²) in [4.78, 5) is 14.3. The largest absolute Gasteiger partial charge is 0.324 e. The van der Waals surface area contributed by atoms with Crippen LogP contribution in [0.1, 0.15) is 20.3 Å². The molecular weight excluding hydrogens is 295 g/mol. The number of amides is 1. The van der Waals surface area contributed by atoms with Gasteiger partial charge in [0.1, 0.15) is 0 Å². The first-order valence-electron chi connectivity index (χ1n) is 6.92. The molecule has 1 aromatic rings. The Labute approximate surface area is 130 Å². The Hall–Kier alpha value is -0.770. The molecule has 20 heavy (non-hydrogen) atoms. The maximum absolute atomic E-state index is 12.1. The Morgan fingerprint density at radius 2 is 1.95 bits per heavy atom. The second kappa shape index (κ2) is 6.79. The van der Waals surface area contributed by atoms with Crippen molar-refractivity contribution in [1.82, 2.24) is 4.90 Å². The molecule has 1 saturated heterocycles. The van der Waals surface area contributed by atoms with Crippen molar-refractivity contribution >= 4 is 34.8 Å². The van der Waals surface area contributed by atoms with Gasteiger partial charge in [0.05, 0.1) is 22.3 Å². The molecule has 1 fully saturated rings. The van der Waals surface area contributed by atoms with Crippen LogP contribution in [-0.2, 0) is 4.79 Å². The van der Waals surface area contributed by atoms with E-state index >= 15 is 0 Å².